The van der Waals surface area contributed by atoms with E-state index >= 15 is 0 Å². The van der Waals surface area contributed by atoms with Crippen molar-refractivity contribution in [3.8, 4) is 5.75 Å². The highest BCUT2D eigenvalue weighted by molar-refractivity contribution is 5.93. The number of carbonyl (C=O) groups excluding carboxylic acids is 1. The summed E-state index contributed by atoms with van der Waals surface area (Å²) in [6.45, 7) is 1.68. The van der Waals surface area contributed by atoms with Crippen molar-refractivity contribution in [2.45, 2.75) is 13.0 Å². The summed E-state index contributed by atoms with van der Waals surface area (Å²) in [5, 5.41) is 6.11. The number of rotatable bonds is 4. The largest absolute Gasteiger partial charge is 0.481 e. The van der Waals surface area contributed by atoms with Crippen LogP contribution in [0, 0.1) is 0 Å². The molecule has 0 aliphatic carbocycles. The second-order valence-corrected chi connectivity index (χ2v) is 3.48. The summed E-state index contributed by atoms with van der Waals surface area (Å²) in [5.74, 6) is 0.400. The van der Waals surface area contributed by atoms with Gasteiger partial charge in [0.25, 0.3) is 5.91 Å². The van der Waals surface area contributed by atoms with Crippen LogP contribution in [0.2, 0.25) is 0 Å². The Kier molecular flexibility index (Phi) is 3.40. The van der Waals surface area contributed by atoms with Crippen molar-refractivity contribution in [3.63, 3.8) is 0 Å². The molecule has 1 atom stereocenters. The van der Waals surface area contributed by atoms with E-state index in [1.165, 1.54) is 12.5 Å². The molecule has 2 aromatic rings. The van der Waals surface area contributed by atoms with Gasteiger partial charge in [0.15, 0.2) is 6.10 Å². The average molecular weight is 232 g/mol. The van der Waals surface area contributed by atoms with Crippen LogP contribution in [0.5, 0.6) is 5.75 Å². The molecule has 88 valence electrons. The molecule has 0 aliphatic heterocycles. The highest BCUT2D eigenvalue weighted by atomic mass is 16.5. The van der Waals surface area contributed by atoms with Gasteiger partial charge in [0.2, 0.25) is 0 Å². The standard InChI is InChI=1S/C12H12N2O3/c1-9(17-11-5-3-2-4-6-11)12(15)14-10-7-13-16-8-10/h2-9H,1H3,(H,14,15)/t9-/m0/s1. The Balaban J connectivity index is 1.92. The third-order valence-electron chi connectivity index (χ3n) is 2.13. The second-order valence-electron chi connectivity index (χ2n) is 3.48. The molecule has 0 aliphatic rings. The number of nitrogens with one attached hydrogen (secondary N) is 1. The minimum Gasteiger partial charge on any atom is -0.481 e. The molecule has 0 fully saturated rings. The van der Waals surface area contributed by atoms with Gasteiger partial charge in [0, 0.05) is 0 Å². The summed E-state index contributed by atoms with van der Waals surface area (Å²) in [7, 11) is 0. The number of benzene rings is 1. The molecule has 0 spiro atoms. The third kappa shape index (κ3) is 3.07. The normalized spacial score (nSPS) is 11.8. The van der Waals surface area contributed by atoms with Crippen LogP contribution < -0.4 is 10.1 Å². The van der Waals surface area contributed by atoms with E-state index in [0.29, 0.717) is 11.4 Å². The zero-order valence-corrected chi connectivity index (χ0v) is 9.29. The summed E-state index contributed by atoms with van der Waals surface area (Å²) in [4.78, 5) is 11.7. The van der Waals surface area contributed by atoms with Crippen LogP contribution in [-0.2, 0) is 4.79 Å². The first kappa shape index (κ1) is 11.2. The molecule has 1 amide bonds. The molecule has 0 radical (unpaired) electrons. The van der Waals surface area contributed by atoms with E-state index in [2.05, 4.69) is 15.0 Å². The number of nitrogens with zero attached hydrogens (tertiary/aromatic N) is 1. The smallest absolute Gasteiger partial charge is 0.265 e. The summed E-state index contributed by atoms with van der Waals surface area (Å²) in [6, 6.07) is 9.17. The average Bonchev–Trinajstić information content (AvgIpc) is 2.83. The molecule has 1 aromatic carbocycles. The van der Waals surface area contributed by atoms with E-state index in [1.807, 2.05) is 18.2 Å². The highest BCUT2D eigenvalue weighted by Crippen LogP contribution is 2.12. The van der Waals surface area contributed by atoms with Crippen LogP contribution in [0.25, 0.3) is 0 Å². The number of amides is 1. The quantitative estimate of drug-likeness (QED) is 0.876. The number of hydrogen-bond donors (Lipinski definition) is 1. The van der Waals surface area contributed by atoms with Gasteiger partial charge in [-0.15, -0.1) is 0 Å². The molecule has 1 N–H and O–H groups in total. The lowest BCUT2D eigenvalue weighted by Gasteiger charge is -2.13. The number of anilines is 1. The van der Waals surface area contributed by atoms with E-state index in [-0.39, 0.29) is 5.91 Å². The molecule has 17 heavy (non-hydrogen) atoms. The lowest BCUT2D eigenvalue weighted by atomic mass is 10.3. The number of ether oxygens (including phenoxy) is 1. The maximum absolute atomic E-state index is 11.7. The van der Waals surface area contributed by atoms with Crippen molar-refractivity contribution in [1.82, 2.24) is 5.16 Å². The second kappa shape index (κ2) is 5.16. The van der Waals surface area contributed by atoms with E-state index in [4.69, 9.17) is 4.74 Å². The van der Waals surface area contributed by atoms with Crippen molar-refractivity contribution in [1.29, 1.82) is 0 Å². The zero-order chi connectivity index (χ0) is 12.1. The molecular weight excluding hydrogens is 220 g/mol. The van der Waals surface area contributed by atoms with Gasteiger partial charge in [0.1, 0.15) is 17.7 Å². The van der Waals surface area contributed by atoms with Crippen LogP contribution in [0.4, 0.5) is 5.69 Å². The van der Waals surface area contributed by atoms with E-state index < -0.39 is 6.10 Å². The van der Waals surface area contributed by atoms with E-state index in [1.54, 1.807) is 19.1 Å². The lowest BCUT2D eigenvalue weighted by Crippen LogP contribution is -2.29. The predicted molar refractivity (Wildman–Crippen MR) is 61.7 cm³/mol. The monoisotopic (exact) mass is 232 g/mol. The molecule has 0 saturated carbocycles. The van der Waals surface area contributed by atoms with Gasteiger partial charge in [-0.25, -0.2) is 0 Å². The Hall–Kier alpha value is -2.30. The van der Waals surface area contributed by atoms with Gasteiger partial charge in [-0.05, 0) is 19.1 Å². The molecule has 1 aromatic heterocycles. The van der Waals surface area contributed by atoms with Gasteiger partial charge in [-0.1, -0.05) is 23.4 Å². The number of aromatic nitrogens is 1. The summed E-state index contributed by atoms with van der Waals surface area (Å²) >= 11 is 0. The maximum Gasteiger partial charge on any atom is 0.265 e. The van der Waals surface area contributed by atoms with Crippen molar-refractivity contribution in [2.75, 3.05) is 5.32 Å². The van der Waals surface area contributed by atoms with Gasteiger partial charge < -0.3 is 14.6 Å². The van der Waals surface area contributed by atoms with Crippen molar-refractivity contribution in [2.24, 2.45) is 0 Å². The number of para-hydroxylation sites is 1. The molecule has 2 rings (SSSR count). The molecule has 0 saturated heterocycles. The van der Waals surface area contributed by atoms with Crippen molar-refractivity contribution < 1.29 is 14.1 Å². The summed E-state index contributed by atoms with van der Waals surface area (Å²) in [6.07, 6.45) is 2.19. The van der Waals surface area contributed by atoms with E-state index in [9.17, 15) is 4.79 Å². The van der Waals surface area contributed by atoms with Crippen molar-refractivity contribution >= 4 is 11.6 Å². The van der Waals surface area contributed by atoms with Gasteiger partial charge in [0.05, 0.1) is 6.20 Å². The Labute approximate surface area is 98.4 Å². The Morgan fingerprint density at radius 3 is 2.82 bits per heavy atom. The van der Waals surface area contributed by atoms with Gasteiger partial charge >= 0.3 is 0 Å². The van der Waals surface area contributed by atoms with E-state index in [0.717, 1.165) is 0 Å². The van der Waals surface area contributed by atoms with Crippen molar-refractivity contribution in [3.05, 3.63) is 42.8 Å². The Morgan fingerprint density at radius 2 is 2.18 bits per heavy atom. The molecule has 5 heteroatoms. The third-order valence-corrected chi connectivity index (χ3v) is 2.13. The molecule has 5 nitrogen and oxygen atoms in total. The maximum atomic E-state index is 11.7. The summed E-state index contributed by atoms with van der Waals surface area (Å²) < 4.78 is 10.1. The SMILES string of the molecule is C[C@H](Oc1ccccc1)C(=O)Nc1cnoc1. The fourth-order valence-electron chi connectivity index (χ4n) is 1.27. The minimum absolute atomic E-state index is 0.253. The fourth-order valence-corrected chi connectivity index (χ4v) is 1.27. The topological polar surface area (TPSA) is 64.4 Å². The molecule has 1 heterocycles. The molecule has 0 unspecified atom stereocenters. The van der Waals surface area contributed by atoms with Crippen LogP contribution in [-0.4, -0.2) is 17.2 Å². The fraction of sp³-hybridized carbons (Fsp3) is 0.167. The first-order chi connectivity index (χ1) is 8.25. The Morgan fingerprint density at radius 1 is 1.41 bits per heavy atom. The van der Waals surface area contributed by atoms with Crippen LogP contribution in [0.3, 0.4) is 0 Å². The predicted octanol–water partition coefficient (Wildman–Crippen LogP) is 2.08. The van der Waals surface area contributed by atoms with Gasteiger partial charge in [-0.2, -0.15) is 0 Å². The minimum atomic E-state index is -0.590. The highest BCUT2D eigenvalue weighted by Gasteiger charge is 2.15. The first-order valence-corrected chi connectivity index (χ1v) is 5.17. The summed E-state index contributed by atoms with van der Waals surface area (Å²) in [5.41, 5.74) is 0.513. The molecular formula is C12H12N2O3. The lowest BCUT2D eigenvalue weighted by molar-refractivity contribution is -0.122. The van der Waals surface area contributed by atoms with Crippen LogP contribution in [0.15, 0.2) is 47.3 Å². The first-order valence-electron chi connectivity index (χ1n) is 5.17. The van der Waals surface area contributed by atoms with Crippen LogP contribution >= 0.6 is 0 Å². The zero-order valence-electron chi connectivity index (χ0n) is 9.29. The van der Waals surface area contributed by atoms with Gasteiger partial charge in [-0.3, -0.25) is 4.79 Å². The van der Waals surface area contributed by atoms with Crippen LogP contribution in [0.1, 0.15) is 6.92 Å². The Bertz CT molecular complexity index is 468. The molecule has 0 bridgehead atoms. The number of carbonyl (C=O) groups is 1. The number of hydrogen-bond acceptors (Lipinski definition) is 4.